The van der Waals surface area contributed by atoms with Crippen LogP contribution in [0.4, 0.5) is 0 Å². The van der Waals surface area contributed by atoms with Crippen LogP contribution >= 0.6 is 0 Å². The summed E-state index contributed by atoms with van der Waals surface area (Å²) in [5, 5.41) is 9.76. The number of fused-ring (bicyclic) bond motifs is 2. The number of hydrogen-bond donors (Lipinski definition) is 0. The van der Waals surface area contributed by atoms with Crippen molar-refractivity contribution in [1.82, 2.24) is 34.3 Å². The van der Waals surface area contributed by atoms with Gasteiger partial charge in [0.1, 0.15) is 35.3 Å². The summed E-state index contributed by atoms with van der Waals surface area (Å²) in [5.41, 5.74) is 3.35. The van der Waals surface area contributed by atoms with Gasteiger partial charge in [0.25, 0.3) is 17.4 Å². The van der Waals surface area contributed by atoms with Crippen LogP contribution in [-0.2, 0) is 36.3 Å². The van der Waals surface area contributed by atoms with Gasteiger partial charge in [-0.05, 0) is 60.8 Å². The summed E-state index contributed by atoms with van der Waals surface area (Å²) in [5.74, 6) is -0.0563. The molecule has 0 radical (unpaired) electrons. The van der Waals surface area contributed by atoms with Crippen LogP contribution in [0.25, 0.3) is 21.9 Å². The molecule has 2 aliphatic rings. The first-order valence-electron chi connectivity index (χ1n) is 17.0. The van der Waals surface area contributed by atoms with E-state index in [2.05, 4.69) is 20.2 Å². The number of benzene rings is 2. The van der Waals surface area contributed by atoms with Gasteiger partial charge in [-0.1, -0.05) is 5.21 Å². The van der Waals surface area contributed by atoms with Gasteiger partial charge < -0.3 is 18.8 Å². The van der Waals surface area contributed by atoms with E-state index in [1.807, 2.05) is 25.2 Å². The van der Waals surface area contributed by atoms with Crippen molar-refractivity contribution in [3.63, 3.8) is 0 Å². The second-order valence-corrected chi connectivity index (χ2v) is 13.2. The summed E-state index contributed by atoms with van der Waals surface area (Å²) in [4.78, 5) is 70.2. The summed E-state index contributed by atoms with van der Waals surface area (Å²) < 4.78 is 20.8. The number of carbonyl (C=O) groups is 4. The van der Waals surface area contributed by atoms with E-state index in [0.717, 1.165) is 27.0 Å². The third kappa shape index (κ3) is 6.78. The minimum Gasteiger partial charge on any atom is -0.496 e. The van der Waals surface area contributed by atoms with Crippen LogP contribution in [0.2, 0.25) is 0 Å². The number of likely N-dealkylation sites (N-methyl/N-ethyl adjacent to an activating group) is 1. The third-order valence-electron chi connectivity index (χ3n) is 9.66. The first-order valence-corrected chi connectivity index (χ1v) is 17.0. The van der Waals surface area contributed by atoms with Gasteiger partial charge >= 0.3 is 0 Å². The van der Waals surface area contributed by atoms with E-state index in [1.165, 1.54) is 12.1 Å². The molecule has 0 spiro atoms. The molecule has 53 heavy (non-hydrogen) atoms. The molecule has 1 saturated carbocycles. The fourth-order valence-corrected chi connectivity index (χ4v) is 6.87. The molecule has 0 bridgehead atoms. The predicted octanol–water partition coefficient (Wildman–Crippen LogP) is 3.21. The van der Waals surface area contributed by atoms with Crippen molar-refractivity contribution in [2.75, 3.05) is 27.8 Å². The van der Waals surface area contributed by atoms with E-state index in [9.17, 15) is 24.0 Å². The SMILES string of the molecule is COc1cc(-c2cn(C)c(=O)c3cnccc23)cc(OC)c1CN(C)CCn1cc(COc2ccc3c(c2)C(=O)N(C2CCC(=O)CC2=O)C3=O)nn1. The lowest BCUT2D eigenvalue weighted by molar-refractivity contribution is -0.132. The average Bonchev–Trinajstić information content (AvgIpc) is 3.72. The Morgan fingerprint density at radius 2 is 1.66 bits per heavy atom. The summed E-state index contributed by atoms with van der Waals surface area (Å²) in [6.07, 6.45) is 6.85. The number of carbonyl (C=O) groups excluding carboxylic acids is 4. The molecule has 1 aliphatic carbocycles. The van der Waals surface area contributed by atoms with E-state index >= 15 is 0 Å². The summed E-state index contributed by atoms with van der Waals surface area (Å²) >= 11 is 0. The molecule has 1 aliphatic heterocycles. The lowest BCUT2D eigenvalue weighted by Crippen LogP contribution is -2.47. The Morgan fingerprint density at radius 3 is 2.40 bits per heavy atom. The maximum absolute atomic E-state index is 13.2. The van der Waals surface area contributed by atoms with Gasteiger partial charge in [-0.2, -0.15) is 0 Å². The van der Waals surface area contributed by atoms with E-state index in [-0.39, 0.29) is 48.3 Å². The maximum Gasteiger partial charge on any atom is 0.262 e. The van der Waals surface area contributed by atoms with E-state index in [0.29, 0.717) is 48.0 Å². The number of hydrogen-bond acceptors (Lipinski definition) is 12. The lowest BCUT2D eigenvalue weighted by Gasteiger charge is -2.27. The highest BCUT2D eigenvalue weighted by atomic mass is 16.5. The van der Waals surface area contributed by atoms with Gasteiger partial charge in [0.15, 0.2) is 5.78 Å². The van der Waals surface area contributed by atoms with Gasteiger partial charge in [-0.25, -0.2) is 0 Å². The van der Waals surface area contributed by atoms with Crippen LogP contribution in [0.1, 0.15) is 51.2 Å². The first-order chi connectivity index (χ1) is 25.6. The molecule has 1 fully saturated rings. The van der Waals surface area contributed by atoms with Crippen molar-refractivity contribution in [2.24, 2.45) is 7.05 Å². The molecule has 5 aromatic rings. The lowest BCUT2D eigenvalue weighted by atomic mass is 9.92. The van der Waals surface area contributed by atoms with Crippen LogP contribution in [0.5, 0.6) is 17.2 Å². The van der Waals surface area contributed by atoms with Crippen molar-refractivity contribution in [1.29, 1.82) is 0 Å². The molecule has 2 amide bonds. The molecular formula is C38H37N7O8. The number of nitrogens with zero attached hydrogens (tertiary/aromatic N) is 7. The number of amides is 2. The van der Waals surface area contributed by atoms with Gasteiger partial charge in [0.05, 0.1) is 61.5 Å². The smallest absolute Gasteiger partial charge is 0.262 e. The van der Waals surface area contributed by atoms with Crippen molar-refractivity contribution in [2.45, 2.75) is 45.0 Å². The zero-order chi connectivity index (χ0) is 37.4. The molecule has 2 aromatic carbocycles. The van der Waals surface area contributed by atoms with E-state index in [4.69, 9.17) is 14.2 Å². The maximum atomic E-state index is 13.2. The van der Waals surface area contributed by atoms with Crippen LogP contribution < -0.4 is 19.8 Å². The Balaban J connectivity index is 0.980. The van der Waals surface area contributed by atoms with Crippen LogP contribution in [0.3, 0.4) is 0 Å². The van der Waals surface area contributed by atoms with E-state index < -0.39 is 23.6 Å². The monoisotopic (exact) mass is 719 g/mol. The van der Waals surface area contributed by atoms with Crippen LogP contribution in [0.15, 0.2) is 66.0 Å². The third-order valence-corrected chi connectivity index (χ3v) is 9.66. The summed E-state index contributed by atoms with van der Waals surface area (Å²) in [7, 11) is 6.92. The average molecular weight is 720 g/mol. The van der Waals surface area contributed by atoms with Crippen LogP contribution in [0, 0.1) is 0 Å². The van der Waals surface area contributed by atoms with Crippen molar-refractivity contribution < 1.29 is 33.4 Å². The fourth-order valence-electron chi connectivity index (χ4n) is 6.87. The Hall–Kier alpha value is -6.22. The Kier molecular flexibility index (Phi) is 9.58. The van der Waals surface area contributed by atoms with Crippen LogP contribution in [-0.4, -0.2) is 91.6 Å². The molecule has 0 saturated heterocycles. The molecule has 0 N–H and O–H groups in total. The molecule has 3 aromatic heterocycles. The Morgan fingerprint density at radius 1 is 0.906 bits per heavy atom. The number of ketones is 2. The molecular weight excluding hydrogens is 682 g/mol. The fraction of sp³-hybridized carbons (Fsp3) is 0.316. The normalized spacial score (nSPS) is 15.8. The van der Waals surface area contributed by atoms with E-state index in [1.54, 1.807) is 61.4 Å². The Labute approximate surface area is 303 Å². The summed E-state index contributed by atoms with van der Waals surface area (Å²) in [6.45, 7) is 1.73. The first kappa shape index (κ1) is 35.2. The number of Topliss-reactive ketones (excluding diaryl/α,β-unsaturated/α-hetero) is 2. The van der Waals surface area contributed by atoms with Gasteiger partial charge in [-0.3, -0.25) is 43.4 Å². The number of pyridine rings is 2. The highest BCUT2D eigenvalue weighted by Crippen LogP contribution is 2.38. The zero-order valence-electron chi connectivity index (χ0n) is 29.7. The van der Waals surface area contributed by atoms with Crippen molar-refractivity contribution in [3.8, 4) is 28.4 Å². The molecule has 1 atom stereocenters. The highest BCUT2D eigenvalue weighted by Gasteiger charge is 2.44. The highest BCUT2D eigenvalue weighted by molar-refractivity contribution is 6.23. The molecule has 1 unspecified atom stereocenters. The number of rotatable bonds is 12. The second-order valence-electron chi connectivity index (χ2n) is 13.2. The van der Waals surface area contributed by atoms with Crippen molar-refractivity contribution in [3.05, 3.63) is 93.9 Å². The largest absolute Gasteiger partial charge is 0.496 e. The zero-order valence-corrected chi connectivity index (χ0v) is 29.7. The minimum absolute atomic E-state index is 0.0752. The molecule has 15 nitrogen and oxygen atoms in total. The topological polar surface area (TPSA) is 168 Å². The number of imide groups is 1. The number of aromatic nitrogens is 5. The minimum atomic E-state index is -0.930. The number of aryl methyl sites for hydroxylation is 1. The molecule has 272 valence electrons. The second kappa shape index (κ2) is 14.4. The van der Waals surface area contributed by atoms with Gasteiger partial charge in [0.2, 0.25) is 0 Å². The summed E-state index contributed by atoms with van der Waals surface area (Å²) in [6, 6.07) is 9.38. The number of methoxy groups -OCH3 is 2. The van der Waals surface area contributed by atoms with Gasteiger partial charge in [0, 0.05) is 50.7 Å². The van der Waals surface area contributed by atoms with Gasteiger partial charge in [-0.15, -0.1) is 5.10 Å². The molecule has 15 heteroatoms. The quantitative estimate of drug-likeness (QED) is 0.137. The molecule has 7 rings (SSSR count). The standard InChI is InChI=1S/C38H37N7O8/c1-42(19-31-34(51-3)13-22(14-35(31)52-4)30-20-43(2)36(48)29-17-39-10-9-26(29)30)11-12-44-18-23(40-41-44)21-53-25-6-7-27-28(16-25)38(50)45(37(27)49)32-8-5-24(46)15-33(32)47/h6-7,9-10,13-14,16-18,20,32H,5,8,11-12,15,19,21H2,1-4H3. The van der Waals surface area contributed by atoms with Crippen molar-refractivity contribution >= 4 is 34.2 Å². The predicted molar refractivity (Wildman–Crippen MR) is 191 cm³/mol. The molecule has 4 heterocycles. The Bertz CT molecular complexity index is 2320. The number of ether oxygens (including phenoxy) is 3.